The molecular formula is C15H20O11. The zero-order chi connectivity index (χ0) is 20.4. The van der Waals surface area contributed by atoms with Crippen LogP contribution in [0.1, 0.15) is 27.7 Å². The van der Waals surface area contributed by atoms with Crippen LogP contribution in [0.25, 0.3) is 0 Å². The third-order valence-electron chi connectivity index (χ3n) is 2.71. The third-order valence-corrected chi connectivity index (χ3v) is 2.71. The van der Waals surface area contributed by atoms with Gasteiger partial charge in [-0.1, -0.05) is 0 Å². The van der Waals surface area contributed by atoms with E-state index < -0.39 is 54.3 Å². The predicted molar refractivity (Wildman–Crippen MR) is 80.3 cm³/mol. The number of hydrogen-bond acceptors (Lipinski definition) is 11. The van der Waals surface area contributed by atoms with Gasteiger partial charge in [0.25, 0.3) is 0 Å². The van der Waals surface area contributed by atoms with Crippen LogP contribution in [0, 0.1) is 0 Å². The molecule has 0 amide bonds. The summed E-state index contributed by atoms with van der Waals surface area (Å²) in [6.45, 7) is 3.87. The van der Waals surface area contributed by atoms with Gasteiger partial charge in [-0.05, 0) is 0 Å². The molecule has 26 heavy (non-hydrogen) atoms. The SMILES string of the molecule is COC(=O)[C@@H](OC(C)=O)[C@@H](OC(C)=O)[C@H](OC(C)=O)[C@H](C=O)OC(C)=O. The van der Waals surface area contributed by atoms with Gasteiger partial charge in [-0.2, -0.15) is 0 Å². The number of rotatable bonds is 9. The summed E-state index contributed by atoms with van der Waals surface area (Å²) in [6, 6.07) is 0. The number of aldehydes is 1. The minimum atomic E-state index is -1.89. The molecule has 0 saturated heterocycles. The van der Waals surface area contributed by atoms with Crippen molar-refractivity contribution in [1.82, 2.24) is 0 Å². The molecule has 146 valence electrons. The smallest absolute Gasteiger partial charge is 0.351 e. The molecule has 11 nitrogen and oxygen atoms in total. The molecule has 0 fully saturated rings. The Balaban J connectivity index is 6.13. The molecule has 0 spiro atoms. The van der Waals surface area contributed by atoms with E-state index in [0.717, 1.165) is 34.8 Å². The van der Waals surface area contributed by atoms with E-state index in [4.69, 9.17) is 18.9 Å². The molecule has 0 rings (SSSR count). The van der Waals surface area contributed by atoms with Crippen molar-refractivity contribution in [2.24, 2.45) is 0 Å². The molecule has 0 aromatic rings. The van der Waals surface area contributed by atoms with Crippen LogP contribution in [-0.2, 0) is 52.5 Å². The van der Waals surface area contributed by atoms with Crippen molar-refractivity contribution in [1.29, 1.82) is 0 Å². The lowest BCUT2D eigenvalue weighted by Crippen LogP contribution is -2.54. The van der Waals surface area contributed by atoms with Crippen LogP contribution in [0.4, 0.5) is 0 Å². The summed E-state index contributed by atoms with van der Waals surface area (Å²) in [5, 5.41) is 0. The average molecular weight is 376 g/mol. The number of carbonyl (C=O) groups excluding carboxylic acids is 6. The first-order valence-corrected chi connectivity index (χ1v) is 7.25. The maximum Gasteiger partial charge on any atom is 0.351 e. The lowest BCUT2D eigenvalue weighted by molar-refractivity contribution is -0.202. The molecular weight excluding hydrogens is 356 g/mol. The van der Waals surface area contributed by atoms with E-state index in [9.17, 15) is 28.8 Å². The van der Waals surface area contributed by atoms with Crippen molar-refractivity contribution in [3.05, 3.63) is 0 Å². The lowest BCUT2D eigenvalue weighted by Gasteiger charge is -2.32. The first-order chi connectivity index (χ1) is 12.0. The second kappa shape index (κ2) is 10.8. The molecule has 0 aromatic carbocycles. The van der Waals surface area contributed by atoms with Crippen LogP contribution in [0.2, 0.25) is 0 Å². The van der Waals surface area contributed by atoms with Gasteiger partial charge in [-0.25, -0.2) is 4.79 Å². The maximum atomic E-state index is 12.0. The zero-order valence-electron chi connectivity index (χ0n) is 14.9. The third kappa shape index (κ3) is 7.73. The minimum Gasteiger partial charge on any atom is -0.466 e. The molecule has 0 aliphatic heterocycles. The molecule has 11 heteroatoms. The standard InChI is InChI=1S/C15H20O11/c1-7(17)23-11(6-16)12(24-8(2)18)13(25-9(3)19)14(15(21)22-5)26-10(4)20/h6,11-14H,1-5H3/t11-,12+,13-,14-/m0/s1. The molecule has 0 aromatic heterocycles. The van der Waals surface area contributed by atoms with E-state index in [1.165, 1.54) is 0 Å². The Kier molecular flexibility index (Phi) is 9.56. The highest BCUT2D eigenvalue weighted by atomic mass is 16.6. The molecule has 4 atom stereocenters. The van der Waals surface area contributed by atoms with Gasteiger partial charge in [0.2, 0.25) is 6.10 Å². The average Bonchev–Trinajstić information content (AvgIpc) is 2.52. The quantitative estimate of drug-likeness (QED) is 0.279. The van der Waals surface area contributed by atoms with Gasteiger partial charge in [0.1, 0.15) is 0 Å². The van der Waals surface area contributed by atoms with E-state index in [1.54, 1.807) is 0 Å². The molecule has 0 N–H and O–H groups in total. The number of hydrogen-bond donors (Lipinski definition) is 0. The molecule has 0 saturated carbocycles. The predicted octanol–water partition coefficient (Wildman–Crippen LogP) is -0.915. The largest absolute Gasteiger partial charge is 0.466 e. The number of methoxy groups -OCH3 is 1. The van der Waals surface area contributed by atoms with Gasteiger partial charge in [-0.3, -0.25) is 24.0 Å². The summed E-state index contributed by atoms with van der Waals surface area (Å²) < 4.78 is 23.8. The maximum absolute atomic E-state index is 12.0. The van der Waals surface area contributed by atoms with Crippen molar-refractivity contribution in [3.63, 3.8) is 0 Å². The van der Waals surface area contributed by atoms with Gasteiger partial charge in [0, 0.05) is 27.7 Å². The zero-order valence-corrected chi connectivity index (χ0v) is 14.9. The first kappa shape index (κ1) is 23.0. The van der Waals surface area contributed by atoms with E-state index >= 15 is 0 Å². The monoisotopic (exact) mass is 376 g/mol. The van der Waals surface area contributed by atoms with Crippen LogP contribution in [0.5, 0.6) is 0 Å². The number of ether oxygens (including phenoxy) is 5. The summed E-state index contributed by atoms with van der Waals surface area (Å²) >= 11 is 0. The van der Waals surface area contributed by atoms with Crippen molar-refractivity contribution in [2.75, 3.05) is 7.11 Å². The highest BCUT2D eigenvalue weighted by Gasteiger charge is 2.47. The molecule has 0 radical (unpaired) electrons. The Morgan fingerprint density at radius 3 is 1.46 bits per heavy atom. The highest BCUT2D eigenvalue weighted by Crippen LogP contribution is 2.19. The fourth-order valence-corrected chi connectivity index (χ4v) is 1.91. The second-order valence-electron chi connectivity index (χ2n) is 4.91. The Labute approximate surface area is 148 Å². The summed E-state index contributed by atoms with van der Waals surface area (Å²) in [5.41, 5.74) is 0. The Hall–Kier alpha value is -2.98. The Bertz CT molecular complexity index is 568. The molecule has 0 heterocycles. The van der Waals surface area contributed by atoms with Crippen LogP contribution in [0.15, 0.2) is 0 Å². The highest BCUT2D eigenvalue weighted by molar-refractivity contribution is 5.80. The van der Waals surface area contributed by atoms with Crippen LogP contribution < -0.4 is 0 Å². The summed E-state index contributed by atoms with van der Waals surface area (Å²) in [7, 11) is 0.966. The summed E-state index contributed by atoms with van der Waals surface area (Å²) in [5.74, 6) is -4.92. The summed E-state index contributed by atoms with van der Waals surface area (Å²) in [6.07, 6.45) is -7.12. The minimum absolute atomic E-state index is 0.105. The van der Waals surface area contributed by atoms with Gasteiger partial charge in [0.15, 0.2) is 24.6 Å². The summed E-state index contributed by atoms with van der Waals surface area (Å²) in [4.78, 5) is 68.6. The second-order valence-corrected chi connectivity index (χ2v) is 4.91. The fourth-order valence-electron chi connectivity index (χ4n) is 1.91. The Morgan fingerprint density at radius 2 is 1.12 bits per heavy atom. The van der Waals surface area contributed by atoms with Crippen LogP contribution in [-0.4, -0.2) is 67.7 Å². The number of esters is 5. The van der Waals surface area contributed by atoms with Crippen LogP contribution in [0.3, 0.4) is 0 Å². The molecule has 0 aliphatic carbocycles. The topological polar surface area (TPSA) is 149 Å². The van der Waals surface area contributed by atoms with E-state index in [2.05, 4.69) is 4.74 Å². The number of carbonyl (C=O) groups is 6. The molecule has 0 aliphatic rings. The molecule has 0 unspecified atom stereocenters. The van der Waals surface area contributed by atoms with Crippen molar-refractivity contribution >= 4 is 36.1 Å². The lowest BCUT2D eigenvalue weighted by atomic mass is 10.0. The Morgan fingerprint density at radius 1 is 0.692 bits per heavy atom. The van der Waals surface area contributed by atoms with Gasteiger partial charge in [0.05, 0.1) is 7.11 Å². The fraction of sp³-hybridized carbons (Fsp3) is 0.600. The normalized spacial score (nSPS) is 14.7. The van der Waals surface area contributed by atoms with Crippen LogP contribution >= 0.6 is 0 Å². The van der Waals surface area contributed by atoms with Gasteiger partial charge in [-0.15, -0.1) is 0 Å². The molecule has 0 bridgehead atoms. The van der Waals surface area contributed by atoms with Crippen molar-refractivity contribution < 1.29 is 52.5 Å². The van der Waals surface area contributed by atoms with E-state index in [1.807, 2.05) is 0 Å². The van der Waals surface area contributed by atoms with E-state index in [-0.39, 0.29) is 6.29 Å². The first-order valence-electron chi connectivity index (χ1n) is 7.25. The van der Waals surface area contributed by atoms with Crippen molar-refractivity contribution in [2.45, 2.75) is 52.1 Å². The van der Waals surface area contributed by atoms with Gasteiger partial charge < -0.3 is 23.7 Å². The van der Waals surface area contributed by atoms with E-state index in [0.29, 0.717) is 0 Å². The van der Waals surface area contributed by atoms with Crippen molar-refractivity contribution in [3.8, 4) is 0 Å². The van der Waals surface area contributed by atoms with Gasteiger partial charge >= 0.3 is 29.8 Å².